The van der Waals surface area contributed by atoms with E-state index in [0.717, 1.165) is 24.8 Å². The maximum atomic E-state index is 12.7. The molecule has 2 aromatic carbocycles. The number of amides is 2. The van der Waals surface area contributed by atoms with E-state index >= 15 is 0 Å². The van der Waals surface area contributed by atoms with Crippen molar-refractivity contribution < 1.29 is 19.1 Å². The van der Waals surface area contributed by atoms with E-state index in [1.165, 1.54) is 10.5 Å². The number of aryl methyl sites for hydroxylation is 1. The van der Waals surface area contributed by atoms with Gasteiger partial charge in [0.05, 0.1) is 6.61 Å². The van der Waals surface area contributed by atoms with Crippen molar-refractivity contribution in [2.75, 3.05) is 13.2 Å². The second kappa shape index (κ2) is 11.1. The van der Waals surface area contributed by atoms with E-state index in [2.05, 4.69) is 5.32 Å². The van der Waals surface area contributed by atoms with Crippen LogP contribution < -0.4 is 5.32 Å². The first-order chi connectivity index (χ1) is 14.6. The van der Waals surface area contributed by atoms with Gasteiger partial charge in [-0.1, -0.05) is 60.7 Å². The number of nitrogens with one attached hydrogen (secondary N) is 1. The number of rotatable bonds is 7. The van der Waals surface area contributed by atoms with Gasteiger partial charge in [0, 0.05) is 13.1 Å². The van der Waals surface area contributed by atoms with Gasteiger partial charge in [0.1, 0.15) is 6.04 Å². The first kappa shape index (κ1) is 21.6. The Morgan fingerprint density at radius 3 is 2.30 bits per heavy atom. The zero-order valence-electron chi connectivity index (χ0n) is 17.1. The van der Waals surface area contributed by atoms with Gasteiger partial charge in [0.2, 0.25) is 0 Å². The van der Waals surface area contributed by atoms with Gasteiger partial charge in [-0.3, -0.25) is 9.59 Å². The topological polar surface area (TPSA) is 75.7 Å². The van der Waals surface area contributed by atoms with Gasteiger partial charge in [0.25, 0.3) is 0 Å². The van der Waals surface area contributed by atoms with Crippen molar-refractivity contribution >= 4 is 17.8 Å². The zero-order valence-corrected chi connectivity index (χ0v) is 17.1. The van der Waals surface area contributed by atoms with Gasteiger partial charge in [-0.05, 0) is 43.2 Å². The highest BCUT2D eigenvalue weighted by atomic mass is 16.5. The van der Waals surface area contributed by atoms with Crippen molar-refractivity contribution in [3.05, 3.63) is 71.8 Å². The van der Waals surface area contributed by atoms with Gasteiger partial charge in [-0.15, -0.1) is 0 Å². The molecule has 0 spiro atoms. The molecular formula is C24H28N2O4. The van der Waals surface area contributed by atoms with Crippen LogP contribution in [0.3, 0.4) is 0 Å². The molecule has 0 radical (unpaired) electrons. The van der Waals surface area contributed by atoms with E-state index in [4.69, 9.17) is 4.74 Å². The minimum absolute atomic E-state index is 0.272. The van der Waals surface area contributed by atoms with E-state index in [0.29, 0.717) is 26.0 Å². The monoisotopic (exact) mass is 408 g/mol. The highest BCUT2D eigenvalue weighted by Crippen LogP contribution is 2.19. The first-order valence-corrected chi connectivity index (χ1v) is 10.5. The fourth-order valence-electron chi connectivity index (χ4n) is 3.59. The first-order valence-electron chi connectivity index (χ1n) is 10.5. The van der Waals surface area contributed by atoms with E-state index in [9.17, 15) is 14.4 Å². The number of likely N-dealkylation sites (tertiary alicyclic amines) is 1. The largest absolute Gasteiger partial charge is 0.464 e. The number of hydrogen-bond donors (Lipinski definition) is 1. The van der Waals surface area contributed by atoms with E-state index in [1.807, 2.05) is 60.7 Å². The van der Waals surface area contributed by atoms with Gasteiger partial charge >= 0.3 is 17.8 Å². The second-order valence-electron chi connectivity index (χ2n) is 7.44. The minimum atomic E-state index is -0.692. The van der Waals surface area contributed by atoms with Gasteiger partial charge < -0.3 is 15.0 Å². The third-order valence-corrected chi connectivity index (χ3v) is 5.22. The summed E-state index contributed by atoms with van der Waals surface area (Å²) in [4.78, 5) is 38.9. The Morgan fingerprint density at radius 2 is 1.60 bits per heavy atom. The van der Waals surface area contributed by atoms with Crippen molar-refractivity contribution in [1.82, 2.24) is 10.2 Å². The molecule has 0 aliphatic carbocycles. The van der Waals surface area contributed by atoms with Crippen LogP contribution in [-0.2, 0) is 32.1 Å². The molecule has 0 saturated carbocycles. The normalized spacial score (nSPS) is 16.0. The fraction of sp³-hybridized carbons (Fsp3) is 0.375. The molecule has 2 amide bonds. The Kier molecular flexibility index (Phi) is 8.01. The van der Waals surface area contributed by atoms with E-state index < -0.39 is 23.8 Å². The fourth-order valence-corrected chi connectivity index (χ4v) is 3.59. The lowest BCUT2D eigenvalue weighted by molar-refractivity contribution is -0.159. The lowest BCUT2D eigenvalue weighted by Gasteiger charge is -2.33. The molecule has 0 aromatic heterocycles. The molecule has 1 fully saturated rings. The average molecular weight is 408 g/mol. The van der Waals surface area contributed by atoms with Crippen molar-refractivity contribution in [3.63, 3.8) is 0 Å². The molecule has 6 nitrogen and oxygen atoms in total. The number of piperidine rings is 1. The van der Waals surface area contributed by atoms with Crippen LogP contribution in [0.4, 0.5) is 0 Å². The molecule has 3 rings (SSSR count). The summed E-state index contributed by atoms with van der Waals surface area (Å²) in [6, 6.07) is 18.7. The van der Waals surface area contributed by atoms with Crippen LogP contribution in [-0.4, -0.2) is 41.9 Å². The van der Waals surface area contributed by atoms with Crippen molar-refractivity contribution in [1.29, 1.82) is 0 Å². The second-order valence-corrected chi connectivity index (χ2v) is 7.44. The van der Waals surface area contributed by atoms with Crippen molar-refractivity contribution in [3.8, 4) is 0 Å². The van der Waals surface area contributed by atoms with Crippen LogP contribution in [0.2, 0.25) is 0 Å². The Morgan fingerprint density at radius 1 is 0.933 bits per heavy atom. The van der Waals surface area contributed by atoms with Crippen LogP contribution >= 0.6 is 0 Å². The number of ether oxygens (including phenoxy) is 1. The molecule has 0 bridgehead atoms. The summed E-state index contributed by atoms with van der Waals surface area (Å²) < 4.78 is 5.43. The Balaban J connectivity index is 1.48. The number of benzene rings is 2. The molecule has 2 aromatic rings. The molecule has 0 unspecified atom stereocenters. The summed E-state index contributed by atoms with van der Waals surface area (Å²) >= 11 is 0. The summed E-state index contributed by atoms with van der Waals surface area (Å²) in [5, 5.41) is 2.64. The molecule has 1 aliphatic rings. The molecule has 1 saturated heterocycles. The SMILES string of the molecule is O=C(NCc1ccccc1)C(=O)N1CCCC[C@H]1C(=O)OCCCc1ccccc1. The maximum Gasteiger partial charge on any atom is 0.328 e. The molecule has 1 heterocycles. The molecular weight excluding hydrogens is 380 g/mol. The zero-order chi connectivity index (χ0) is 21.2. The number of esters is 1. The lowest BCUT2D eigenvalue weighted by Crippen LogP contribution is -2.53. The Bertz CT molecular complexity index is 839. The molecule has 1 N–H and O–H groups in total. The Hall–Kier alpha value is -3.15. The minimum Gasteiger partial charge on any atom is -0.464 e. The third-order valence-electron chi connectivity index (χ3n) is 5.22. The van der Waals surface area contributed by atoms with Gasteiger partial charge in [0.15, 0.2) is 0 Å². The van der Waals surface area contributed by atoms with Crippen molar-refractivity contribution in [2.24, 2.45) is 0 Å². The van der Waals surface area contributed by atoms with E-state index in [1.54, 1.807) is 0 Å². The molecule has 30 heavy (non-hydrogen) atoms. The number of carbonyl (C=O) groups is 3. The van der Waals surface area contributed by atoms with E-state index in [-0.39, 0.29) is 6.54 Å². The Labute approximate surface area is 177 Å². The summed E-state index contributed by atoms with van der Waals surface area (Å²) in [6.07, 6.45) is 3.67. The van der Waals surface area contributed by atoms with Crippen LogP contribution in [0, 0.1) is 0 Å². The summed E-state index contributed by atoms with van der Waals surface area (Å²) in [5.41, 5.74) is 2.10. The number of nitrogens with zero attached hydrogens (tertiary/aromatic N) is 1. The molecule has 158 valence electrons. The summed E-state index contributed by atoms with van der Waals surface area (Å²) in [7, 11) is 0. The average Bonchev–Trinajstić information content (AvgIpc) is 2.81. The highest BCUT2D eigenvalue weighted by molar-refractivity contribution is 6.35. The number of hydrogen-bond acceptors (Lipinski definition) is 4. The molecule has 6 heteroatoms. The molecule has 1 atom stereocenters. The maximum absolute atomic E-state index is 12.7. The van der Waals surface area contributed by atoms with Gasteiger partial charge in [-0.2, -0.15) is 0 Å². The predicted molar refractivity (Wildman–Crippen MR) is 113 cm³/mol. The van der Waals surface area contributed by atoms with Crippen LogP contribution in [0.25, 0.3) is 0 Å². The number of carbonyl (C=O) groups excluding carboxylic acids is 3. The highest BCUT2D eigenvalue weighted by Gasteiger charge is 2.35. The van der Waals surface area contributed by atoms with Crippen molar-refractivity contribution in [2.45, 2.75) is 44.7 Å². The predicted octanol–water partition coefficient (Wildman–Crippen LogP) is 2.86. The van der Waals surface area contributed by atoms with Crippen LogP contribution in [0.1, 0.15) is 36.8 Å². The van der Waals surface area contributed by atoms with Gasteiger partial charge in [-0.25, -0.2) is 4.79 Å². The standard InChI is InChI=1S/C24H28N2O4/c27-22(25-18-20-12-5-2-6-13-20)23(28)26-16-8-7-15-21(26)24(29)30-17-9-14-19-10-3-1-4-11-19/h1-6,10-13,21H,7-9,14-18H2,(H,25,27)/t21-/m0/s1. The molecule has 1 aliphatic heterocycles. The quantitative estimate of drug-likeness (QED) is 0.434. The summed E-state index contributed by atoms with van der Waals surface area (Å²) in [5.74, 6) is -1.79. The third kappa shape index (κ3) is 6.17. The lowest BCUT2D eigenvalue weighted by atomic mass is 10.0. The van der Waals surface area contributed by atoms with Crippen LogP contribution in [0.15, 0.2) is 60.7 Å². The summed E-state index contributed by atoms with van der Waals surface area (Å²) in [6.45, 7) is 0.960. The van der Waals surface area contributed by atoms with Crippen LogP contribution in [0.5, 0.6) is 0 Å². The smallest absolute Gasteiger partial charge is 0.328 e.